The Balaban J connectivity index is 1.66. The molecule has 0 radical (unpaired) electrons. The van der Waals surface area contributed by atoms with Gasteiger partial charge in [-0.15, -0.1) is 0 Å². The van der Waals surface area contributed by atoms with Crippen molar-refractivity contribution in [1.29, 1.82) is 0 Å². The largest absolute Gasteiger partial charge is 0.269 e. The topological polar surface area (TPSA) is 59.1 Å². The zero-order valence-corrected chi connectivity index (χ0v) is 17.7. The van der Waals surface area contributed by atoms with Gasteiger partial charge in [0.15, 0.2) is 0 Å². The first-order valence-corrected chi connectivity index (χ1v) is 12.0. The lowest BCUT2D eigenvalue weighted by Crippen LogP contribution is -2.12. The number of benzene rings is 2. The summed E-state index contributed by atoms with van der Waals surface area (Å²) in [6.45, 7) is 2.20. The third-order valence-electron chi connectivity index (χ3n) is 4.59. The molecule has 0 spiro atoms. The molecule has 0 unspecified atom stereocenters. The van der Waals surface area contributed by atoms with Gasteiger partial charge in [-0.1, -0.05) is 75.1 Å². The molecule has 0 fully saturated rings. The van der Waals surface area contributed by atoms with Gasteiger partial charge >= 0.3 is 0 Å². The smallest absolute Gasteiger partial charge is 0.262 e. The van der Waals surface area contributed by atoms with Crippen molar-refractivity contribution in [1.82, 2.24) is 4.37 Å². The molecule has 4 nitrogen and oxygen atoms in total. The summed E-state index contributed by atoms with van der Waals surface area (Å²) in [5, 5.41) is 0.517. The Bertz CT molecular complexity index is 983. The summed E-state index contributed by atoms with van der Waals surface area (Å²) in [5.41, 5.74) is 2.80. The van der Waals surface area contributed by atoms with Crippen LogP contribution >= 0.6 is 11.5 Å². The third kappa shape index (κ3) is 5.66. The summed E-state index contributed by atoms with van der Waals surface area (Å²) in [4.78, 5) is 0.299. The van der Waals surface area contributed by atoms with Crippen molar-refractivity contribution >= 4 is 26.6 Å². The van der Waals surface area contributed by atoms with Gasteiger partial charge in [0, 0.05) is 11.6 Å². The minimum Gasteiger partial charge on any atom is -0.269 e. The van der Waals surface area contributed by atoms with Crippen LogP contribution in [0.15, 0.2) is 65.6 Å². The molecule has 0 aliphatic carbocycles. The van der Waals surface area contributed by atoms with Crippen molar-refractivity contribution < 1.29 is 8.42 Å². The number of aromatic nitrogens is 1. The van der Waals surface area contributed by atoms with Crippen LogP contribution in [0, 0.1) is 0 Å². The number of nitrogens with one attached hydrogen (secondary N) is 1. The summed E-state index contributed by atoms with van der Waals surface area (Å²) < 4.78 is 32.6. The summed E-state index contributed by atoms with van der Waals surface area (Å²) in [6, 6.07) is 18.7. The fourth-order valence-electron chi connectivity index (χ4n) is 3.06. The van der Waals surface area contributed by atoms with Gasteiger partial charge in [0.25, 0.3) is 10.0 Å². The van der Waals surface area contributed by atoms with E-state index in [1.807, 2.05) is 42.5 Å². The fraction of sp³-hybridized carbons (Fsp3) is 0.318. The first-order chi connectivity index (χ1) is 13.6. The molecule has 0 aliphatic rings. The van der Waals surface area contributed by atoms with E-state index < -0.39 is 10.0 Å². The summed E-state index contributed by atoms with van der Waals surface area (Å²) in [7, 11) is -3.62. The highest BCUT2D eigenvalue weighted by Gasteiger charge is 2.16. The molecule has 6 heteroatoms. The molecule has 0 atom stereocenters. The molecule has 0 amide bonds. The number of hydrogen-bond acceptors (Lipinski definition) is 4. The number of anilines is 1. The lowest BCUT2D eigenvalue weighted by Gasteiger charge is -2.08. The molecular weight excluding hydrogens is 388 g/mol. The molecular formula is C22H26N2O2S2. The van der Waals surface area contributed by atoms with Crippen LogP contribution in [0.2, 0.25) is 0 Å². The summed E-state index contributed by atoms with van der Waals surface area (Å²) in [6.07, 6.45) is 6.91. The molecule has 0 bridgehead atoms. The van der Waals surface area contributed by atoms with Gasteiger partial charge in [0.2, 0.25) is 0 Å². The first kappa shape index (κ1) is 20.6. The van der Waals surface area contributed by atoms with E-state index in [1.54, 1.807) is 18.2 Å². The normalized spacial score (nSPS) is 11.5. The van der Waals surface area contributed by atoms with E-state index in [1.165, 1.54) is 25.7 Å². The predicted molar refractivity (Wildman–Crippen MR) is 117 cm³/mol. The number of aryl methyl sites for hydroxylation is 1. The quantitative estimate of drug-likeness (QED) is 0.406. The van der Waals surface area contributed by atoms with Gasteiger partial charge in [0.05, 0.1) is 10.6 Å². The van der Waals surface area contributed by atoms with E-state index in [9.17, 15) is 8.42 Å². The molecule has 1 heterocycles. The van der Waals surface area contributed by atoms with E-state index in [0.29, 0.717) is 9.90 Å². The third-order valence-corrected chi connectivity index (χ3v) is 6.79. The molecule has 1 N–H and O–H groups in total. The molecule has 1 aromatic heterocycles. The monoisotopic (exact) mass is 414 g/mol. The zero-order chi connectivity index (χ0) is 19.8. The van der Waals surface area contributed by atoms with Crippen LogP contribution in [0.5, 0.6) is 0 Å². The highest BCUT2D eigenvalue weighted by molar-refractivity contribution is 7.93. The van der Waals surface area contributed by atoms with E-state index >= 15 is 0 Å². The van der Waals surface area contributed by atoms with Crippen LogP contribution in [-0.2, 0) is 16.4 Å². The van der Waals surface area contributed by atoms with Crippen molar-refractivity contribution in [3.8, 4) is 11.3 Å². The molecule has 3 rings (SSSR count). The Morgan fingerprint density at radius 1 is 0.929 bits per heavy atom. The minimum absolute atomic E-state index is 0.299. The summed E-state index contributed by atoms with van der Waals surface area (Å²) >= 11 is 1.15. The Hall–Kier alpha value is -2.18. The maximum Gasteiger partial charge on any atom is 0.262 e. The Kier molecular flexibility index (Phi) is 7.23. The van der Waals surface area contributed by atoms with Crippen LogP contribution in [0.3, 0.4) is 0 Å². The number of unbranched alkanes of at least 4 members (excludes halogenated alkanes) is 4. The Labute approximate surface area is 171 Å². The molecule has 0 saturated carbocycles. The van der Waals surface area contributed by atoms with Crippen molar-refractivity contribution in [2.75, 3.05) is 4.72 Å². The van der Waals surface area contributed by atoms with Gasteiger partial charge in [-0.2, -0.15) is 4.37 Å². The number of hydrogen-bond donors (Lipinski definition) is 1. The number of rotatable bonds is 10. The summed E-state index contributed by atoms with van der Waals surface area (Å²) in [5.74, 6) is 0. The van der Waals surface area contributed by atoms with Gasteiger partial charge in [-0.3, -0.25) is 4.72 Å². The standard InChI is InChI=1S/C22H26N2O2S2/c1-2-3-4-5-7-11-18-12-10-15-20(16-18)28(25,26)24-22-17-21(23-27-22)19-13-8-6-9-14-19/h6,8-10,12-17,24H,2-5,7,11H2,1H3. The highest BCUT2D eigenvalue weighted by Crippen LogP contribution is 2.27. The van der Waals surface area contributed by atoms with E-state index in [-0.39, 0.29) is 0 Å². The lowest BCUT2D eigenvalue weighted by atomic mass is 10.1. The highest BCUT2D eigenvalue weighted by atomic mass is 32.2. The van der Waals surface area contributed by atoms with Gasteiger partial charge < -0.3 is 0 Å². The Morgan fingerprint density at radius 2 is 1.71 bits per heavy atom. The van der Waals surface area contributed by atoms with Gasteiger partial charge in [0.1, 0.15) is 5.00 Å². The van der Waals surface area contributed by atoms with Crippen molar-refractivity contribution in [2.45, 2.75) is 50.3 Å². The van der Waals surface area contributed by atoms with Crippen LogP contribution in [-0.4, -0.2) is 12.8 Å². The van der Waals surface area contributed by atoms with E-state index in [0.717, 1.165) is 41.2 Å². The van der Waals surface area contributed by atoms with E-state index in [4.69, 9.17) is 0 Å². The fourth-order valence-corrected chi connectivity index (χ4v) is 5.06. The minimum atomic E-state index is -3.62. The second-order valence-corrected chi connectivity index (χ2v) is 9.35. The van der Waals surface area contributed by atoms with Crippen LogP contribution in [0.1, 0.15) is 44.6 Å². The average Bonchev–Trinajstić information content (AvgIpc) is 3.16. The van der Waals surface area contributed by atoms with Crippen LogP contribution in [0.25, 0.3) is 11.3 Å². The first-order valence-electron chi connectivity index (χ1n) is 9.72. The van der Waals surface area contributed by atoms with Gasteiger partial charge in [-0.05, 0) is 42.1 Å². The van der Waals surface area contributed by atoms with Crippen LogP contribution < -0.4 is 4.72 Å². The molecule has 3 aromatic rings. The average molecular weight is 415 g/mol. The molecule has 2 aromatic carbocycles. The zero-order valence-electron chi connectivity index (χ0n) is 16.1. The van der Waals surface area contributed by atoms with E-state index in [2.05, 4.69) is 16.0 Å². The lowest BCUT2D eigenvalue weighted by molar-refractivity contribution is 0.601. The molecule has 28 heavy (non-hydrogen) atoms. The second kappa shape index (κ2) is 9.85. The van der Waals surface area contributed by atoms with Crippen molar-refractivity contribution in [3.63, 3.8) is 0 Å². The second-order valence-electron chi connectivity index (χ2n) is 6.86. The maximum absolute atomic E-state index is 12.8. The molecule has 0 saturated heterocycles. The van der Waals surface area contributed by atoms with Crippen LogP contribution in [0.4, 0.5) is 5.00 Å². The number of sulfonamides is 1. The molecule has 0 aliphatic heterocycles. The SMILES string of the molecule is CCCCCCCc1cccc(S(=O)(=O)Nc2cc(-c3ccccc3)ns2)c1. The van der Waals surface area contributed by atoms with Crippen molar-refractivity contribution in [3.05, 3.63) is 66.2 Å². The van der Waals surface area contributed by atoms with Gasteiger partial charge in [-0.25, -0.2) is 8.42 Å². The predicted octanol–water partition coefficient (Wildman–Crippen LogP) is 6.12. The molecule has 148 valence electrons. The Morgan fingerprint density at radius 3 is 2.50 bits per heavy atom. The van der Waals surface area contributed by atoms with Crippen molar-refractivity contribution in [2.24, 2.45) is 0 Å². The number of nitrogens with zero attached hydrogens (tertiary/aromatic N) is 1. The maximum atomic E-state index is 12.8.